The highest BCUT2D eigenvalue weighted by molar-refractivity contribution is 8.17. The minimum Gasteiger partial charge on any atom is -0.360 e. The van der Waals surface area contributed by atoms with Gasteiger partial charge in [-0.3, -0.25) is 19.3 Å². The molecule has 2 fully saturated rings. The van der Waals surface area contributed by atoms with Gasteiger partial charge in [0.15, 0.2) is 10.3 Å². The molecule has 0 bridgehead atoms. The first-order chi connectivity index (χ1) is 16.9. The van der Waals surface area contributed by atoms with E-state index in [2.05, 4.69) is 5.32 Å². The van der Waals surface area contributed by atoms with Crippen molar-refractivity contribution < 1.29 is 14.4 Å². The van der Waals surface area contributed by atoms with Gasteiger partial charge in [0.05, 0.1) is 12.5 Å². The number of benzene rings is 3. The highest BCUT2D eigenvalue weighted by Crippen LogP contribution is 2.62. The van der Waals surface area contributed by atoms with E-state index in [1.807, 2.05) is 84.9 Å². The molecule has 3 atom stereocenters. The van der Waals surface area contributed by atoms with E-state index in [9.17, 15) is 14.4 Å². The van der Waals surface area contributed by atoms with Gasteiger partial charge in [0.1, 0.15) is 4.99 Å². The summed E-state index contributed by atoms with van der Waals surface area (Å²) in [5.41, 5.74) is 1.83. The third-order valence-corrected chi connectivity index (χ3v) is 9.05. The van der Waals surface area contributed by atoms with Gasteiger partial charge in [0.2, 0.25) is 0 Å². The first-order valence-corrected chi connectivity index (χ1v) is 12.5. The van der Waals surface area contributed by atoms with Crippen molar-refractivity contribution in [1.29, 1.82) is 0 Å². The Kier molecular flexibility index (Phi) is 4.88. The molecule has 35 heavy (non-hydrogen) atoms. The molecule has 3 aromatic carbocycles. The Morgan fingerprint density at radius 3 is 2.23 bits per heavy atom. The van der Waals surface area contributed by atoms with E-state index < -0.39 is 16.2 Å². The number of nitrogens with zero attached hydrogens (tertiary/aromatic N) is 2. The largest absolute Gasteiger partial charge is 0.360 e. The summed E-state index contributed by atoms with van der Waals surface area (Å²) in [6.45, 7) is 0.148. The highest BCUT2D eigenvalue weighted by Gasteiger charge is 2.74. The van der Waals surface area contributed by atoms with E-state index in [0.717, 1.165) is 34.1 Å². The van der Waals surface area contributed by atoms with Gasteiger partial charge < -0.3 is 10.2 Å². The molecule has 8 heteroatoms. The Balaban J connectivity index is 1.56. The van der Waals surface area contributed by atoms with Crippen molar-refractivity contribution in [1.82, 2.24) is 10.2 Å². The Morgan fingerprint density at radius 2 is 1.51 bits per heavy atom. The van der Waals surface area contributed by atoms with E-state index in [1.165, 1.54) is 4.90 Å². The molecule has 174 valence electrons. The molecule has 6 nitrogen and oxygen atoms in total. The summed E-state index contributed by atoms with van der Waals surface area (Å²) < 4.78 is -1.43. The van der Waals surface area contributed by atoms with Crippen molar-refractivity contribution in [3.05, 3.63) is 102 Å². The molecule has 3 amide bonds. The van der Waals surface area contributed by atoms with Gasteiger partial charge in [-0.1, -0.05) is 91.1 Å². The fourth-order valence-corrected chi connectivity index (χ4v) is 7.44. The van der Waals surface area contributed by atoms with Crippen LogP contribution in [-0.4, -0.2) is 38.7 Å². The second kappa shape index (κ2) is 7.76. The lowest BCUT2D eigenvalue weighted by Crippen LogP contribution is -2.51. The van der Waals surface area contributed by atoms with Crippen LogP contribution in [0.2, 0.25) is 0 Å². The van der Waals surface area contributed by atoms with Gasteiger partial charge in [-0.25, -0.2) is 0 Å². The van der Waals surface area contributed by atoms with Crippen molar-refractivity contribution in [3.8, 4) is 0 Å². The normalized spacial score (nSPS) is 27.3. The number of amides is 3. The van der Waals surface area contributed by atoms with Crippen LogP contribution in [0.15, 0.2) is 84.9 Å². The van der Waals surface area contributed by atoms with Gasteiger partial charge in [-0.2, -0.15) is 0 Å². The zero-order valence-electron chi connectivity index (χ0n) is 18.8. The molecular formula is C27H21N3O3S2. The fraction of sp³-hybridized carbons (Fsp3) is 0.185. The van der Waals surface area contributed by atoms with Crippen LogP contribution in [0.4, 0.5) is 10.5 Å². The van der Waals surface area contributed by atoms with Gasteiger partial charge in [0.25, 0.3) is 17.1 Å². The van der Waals surface area contributed by atoms with Crippen LogP contribution in [0.1, 0.15) is 22.6 Å². The quantitative estimate of drug-likeness (QED) is 0.545. The monoisotopic (exact) mass is 499 g/mol. The maximum atomic E-state index is 14.2. The SMILES string of the molecule is CN1C(=O)[C@]2(NC(=S)[C@]3(SC(=O)N(Cc4ccccc4)C3=O)[C@@H]2c2ccccc2)c2ccccc21. The number of imide groups is 1. The molecule has 3 heterocycles. The summed E-state index contributed by atoms with van der Waals surface area (Å²) >= 11 is 6.77. The van der Waals surface area contributed by atoms with Crippen LogP contribution >= 0.6 is 24.0 Å². The third-order valence-electron chi connectivity index (χ3n) is 7.17. The second-order valence-corrected chi connectivity index (χ2v) is 10.6. The number of thiocarbonyl (C=S) groups is 1. The van der Waals surface area contributed by atoms with Gasteiger partial charge >= 0.3 is 0 Å². The molecule has 0 aromatic heterocycles. The summed E-state index contributed by atoms with van der Waals surface area (Å²) in [4.78, 5) is 44.6. The zero-order valence-corrected chi connectivity index (χ0v) is 20.4. The topological polar surface area (TPSA) is 69.7 Å². The summed E-state index contributed by atoms with van der Waals surface area (Å²) in [6.07, 6.45) is 0. The van der Waals surface area contributed by atoms with Crippen molar-refractivity contribution >= 4 is 51.7 Å². The predicted molar refractivity (Wildman–Crippen MR) is 139 cm³/mol. The molecule has 0 saturated carbocycles. The number of anilines is 1. The predicted octanol–water partition coefficient (Wildman–Crippen LogP) is 4.21. The fourth-order valence-electron chi connectivity index (χ4n) is 5.65. The van der Waals surface area contributed by atoms with E-state index >= 15 is 0 Å². The minimum atomic E-state index is -1.43. The standard InChI is InChI=1S/C27H21N3O3S2/c1-29-20-15-9-8-14-19(20)26(23(29)31)21(18-12-6-3-7-13-18)27(22(34)28-26)24(32)30(25(33)35-27)16-17-10-4-2-5-11-17/h2-15,21H,16H2,1H3,(H,28,34)/t21-,26+,27-/m1/s1. The number of thioether (sulfide) groups is 1. The number of fused-ring (bicyclic) bond motifs is 2. The van der Waals surface area contributed by atoms with E-state index in [4.69, 9.17) is 12.2 Å². The highest BCUT2D eigenvalue weighted by atomic mass is 32.2. The van der Waals surface area contributed by atoms with Gasteiger partial charge in [-0.15, -0.1) is 0 Å². The average molecular weight is 500 g/mol. The van der Waals surface area contributed by atoms with E-state index in [0.29, 0.717) is 0 Å². The Bertz CT molecular complexity index is 1400. The molecular weight excluding hydrogens is 478 g/mol. The van der Waals surface area contributed by atoms with Crippen molar-refractivity contribution in [3.63, 3.8) is 0 Å². The molecule has 3 aromatic rings. The minimum absolute atomic E-state index is 0.148. The molecule has 0 aliphatic carbocycles. The lowest BCUT2D eigenvalue weighted by atomic mass is 9.71. The molecule has 3 aliphatic rings. The van der Waals surface area contributed by atoms with Crippen molar-refractivity contribution in [2.24, 2.45) is 0 Å². The zero-order chi connectivity index (χ0) is 24.4. The first-order valence-electron chi connectivity index (χ1n) is 11.3. The number of rotatable bonds is 3. The van der Waals surface area contributed by atoms with E-state index in [-0.39, 0.29) is 28.6 Å². The molecule has 2 saturated heterocycles. The van der Waals surface area contributed by atoms with Crippen LogP contribution in [-0.2, 0) is 21.7 Å². The maximum Gasteiger partial charge on any atom is 0.290 e. The summed E-state index contributed by atoms with van der Waals surface area (Å²) in [7, 11) is 1.73. The van der Waals surface area contributed by atoms with Crippen molar-refractivity contribution in [2.45, 2.75) is 22.7 Å². The Labute approximate surface area is 212 Å². The maximum absolute atomic E-state index is 14.2. The lowest BCUT2D eigenvalue weighted by molar-refractivity contribution is -0.129. The number of para-hydroxylation sites is 1. The molecule has 2 spiro atoms. The number of hydrogen-bond acceptors (Lipinski definition) is 5. The second-order valence-electron chi connectivity index (χ2n) is 8.97. The van der Waals surface area contributed by atoms with Crippen LogP contribution in [0.25, 0.3) is 0 Å². The van der Waals surface area contributed by atoms with Crippen LogP contribution < -0.4 is 10.2 Å². The number of carbonyl (C=O) groups is 3. The number of carbonyl (C=O) groups excluding carboxylic acids is 3. The lowest BCUT2D eigenvalue weighted by Gasteiger charge is -2.35. The molecule has 6 rings (SSSR count). The van der Waals surface area contributed by atoms with E-state index in [1.54, 1.807) is 11.9 Å². The Morgan fingerprint density at radius 1 is 0.886 bits per heavy atom. The average Bonchev–Trinajstić information content (AvgIpc) is 3.38. The molecule has 1 N–H and O–H groups in total. The molecule has 3 aliphatic heterocycles. The third kappa shape index (κ3) is 2.84. The van der Waals surface area contributed by atoms with Crippen LogP contribution in [0.3, 0.4) is 0 Å². The number of nitrogens with one attached hydrogen (secondary N) is 1. The van der Waals surface area contributed by atoms with Crippen molar-refractivity contribution in [2.75, 3.05) is 11.9 Å². The van der Waals surface area contributed by atoms with Crippen LogP contribution in [0, 0.1) is 0 Å². The van der Waals surface area contributed by atoms with Gasteiger partial charge in [-0.05, 0) is 29.0 Å². The smallest absolute Gasteiger partial charge is 0.290 e. The molecule has 0 radical (unpaired) electrons. The summed E-state index contributed by atoms with van der Waals surface area (Å²) in [6, 6.07) is 26.4. The van der Waals surface area contributed by atoms with Crippen LogP contribution in [0.5, 0.6) is 0 Å². The Hall–Kier alpha value is -3.49. The van der Waals surface area contributed by atoms with Gasteiger partial charge in [0, 0.05) is 18.3 Å². The summed E-state index contributed by atoms with van der Waals surface area (Å²) in [5.74, 6) is -1.31. The summed E-state index contributed by atoms with van der Waals surface area (Å²) in [5, 5.41) is 2.93. The first kappa shape index (κ1) is 22.0. The molecule has 0 unspecified atom stereocenters. The number of hydrogen-bond donors (Lipinski definition) is 1. The number of likely N-dealkylation sites (N-methyl/N-ethyl adjacent to an activating group) is 1.